The normalized spacial score (nSPS) is 12.3. The highest BCUT2D eigenvalue weighted by Gasteiger charge is 2.30. The van der Waals surface area contributed by atoms with Crippen molar-refractivity contribution in [3.05, 3.63) is 29.8 Å². The van der Waals surface area contributed by atoms with Gasteiger partial charge in [0, 0.05) is 54.6 Å². The van der Waals surface area contributed by atoms with Crippen molar-refractivity contribution < 1.29 is 39.0 Å². The molecule has 10 nitrogen and oxygen atoms in total. The molecule has 0 radical (unpaired) electrons. The summed E-state index contributed by atoms with van der Waals surface area (Å²) in [6.07, 6.45) is 1.04. The Morgan fingerprint density at radius 3 is 2.30 bits per heavy atom. The lowest BCUT2D eigenvalue weighted by molar-refractivity contribution is -0.121. The molecule has 12 heteroatoms. The second kappa shape index (κ2) is 27.0. The molecule has 1 aromatic rings. The summed E-state index contributed by atoms with van der Waals surface area (Å²) in [6, 6.07) is 7.06. The van der Waals surface area contributed by atoms with Crippen LogP contribution in [0.2, 0.25) is 0 Å². The summed E-state index contributed by atoms with van der Waals surface area (Å²) < 4.78 is 28.9. The van der Waals surface area contributed by atoms with Gasteiger partial charge in [0.25, 0.3) is 5.91 Å². The van der Waals surface area contributed by atoms with Crippen molar-refractivity contribution in [1.82, 2.24) is 10.6 Å². The van der Waals surface area contributed by atoms with Gasteiger partial charge in [-0.05, 0) is 31.5 Å². The standard InChI is InChI=1S/C32H53N3O7S2.C2H6.4H2/c1-26(2)10-8-17-38-19-16-34-29(36)13-9-18-39-20-21-40-22-23-42-32(6,44-43-31(3,4)5)25-41-28-12-7-11-27(24-28)30(37)35-15-14-33;1-2;;;;/h7,11-12,24,26H,9,13-23,25,33H2,1-6H3,(H,34,36)(H,35,37);1-2H3;4*1H/t32-;;;;;/m0...../s1. The first kappa shape index (κ1) is 44.0. The highest BCUT2D eigenvalue weighted by molar-refractivity contribution is 8.77. The van der Waals surface area contributed by atoms with E-state index >= 15 is 0 Å². The lowest BCUT2D eigenvalue weighted by Crippen LogP contribution is -2.34. The van der Waals surface area contributed by atoms with Crippen LogP contribution >= 0.6 is 21.6 Å². The van der Waals surface area contributed by atoms with Gasteiger partial charge >= 0.3 is 0 Å². The van der Waals surface area contributed by atoms with Crippen molar-refractivity contribution in [3.8, 4) is 17.6 Å². The molecule has 2 amide bonds. The van der Waals surface area contributed by atoms with E-state index in [4.69, 9.17) is 29.4 Å². The van der Waals surface area contributed by atoms with E-state index in [0.717, 1.165) is 0 Å². The van der Waals surface area contributed by atoms with Crippen LogP contribution in [-0.2, 0) is 23.7 Å². The van der Waals surface area contributed by atoms with Crippen LogP contribution in [0, 0.1) is 17.8 Å². The van der Waals surface area contributed by atoms with Gasteiger partial charge in [0.2, 0.25) is 5.91 Å². The summed E-state index contributed by atoms with van der Waals surface area (Å²) in [7, 11) is 3.33. The van der Waals surface area contributed by atoms with Crippen molar-refractivity contribution in [2.45, 2.75) is 77.9 Å². The van der Waals surface area contributed by atoms with Gasteiger partial charge in [0.1, 0.15) is 19.0 Å². The number of carbonyl (C=O) groups is 2. The third kappa shape index (κ3) is 25.2. The Hall–Kier alpha value is -1.98. The van der Waals surface area contributed by atoms with Crippen molar-refractivity contribution in [2.24, 2.45) is 11.7 Å². The fourth-order valence-electron chi connectivity index (χ4n) is 3.23. The predicted octanol–water partition coefficient (Wildman–Crippen LogP) is 6.28. The lowest BCUT2D eigenvalue weighted by Gasteiger charge is -2.31. The number of amides is 2. The first-order valence-corrected chi connectivity index (χ1v) is 18.3. The van der Waals surface area contributed by atoms with Gasteiger partial charge in [-0.1, -0.05) is 88.0 Å². The van der Waals surface area contributed by atoms with Crippen LogP contribution in [0.4, 0.5) is 0 Å². The maximum Gasteiger partial charge on any atom is 0.251 e. The molecule has 0 heterocycles. The van der Waals surface area contributed by atoms with Crippen LogP contribution in [-0.4, -0.2) is 94.0 Å². The minimum Gasteiger partial charge on any atom is -0.490 e. The molecule has 1 aromatic carbocycles. The molecule has 0 fully saturated rings. The fourth-order valence-corrected chi connectivity index (χ4v) is 5.46. The van der Waals surface area contributed by atoms with E-state index in [1.54, 1.807) is 39.8 Å². The van der Waals surface area contributed by atoms with E-state index in [1.807, 2.05) is 40.7 Å². The SMILES string of the molecule is CC.CC(C)C#CCOCCNC(=O)CCCOCCOCCO[C@](C)(COc1cccc(C(=O)NCCN)c1)SSC(C)(C)C.[HH].[HH].[HH].[HH]. The Bertz CT molecular complexity index is 1030. The average molecular weight is 694 g/mol. The summed E-state index contributed by atoms with van der Waals surface area (Å²) >= 11 is 0. The van der Waals surface area contributed by atoms with Crippen LogP contribution in [0.15, 0.2) is 24.3 Å². The van der Waals surface area contributed by atoms with E-state index in [2.05, 4.69) is 43.2 Å². The molecule has 0 aliphatic heterocycles. The summed E-state index contributed by atoms with van der Waals surface area (Å²) in [4.78, 5) is 23.5. The van der Waals surface area contributed by atoms with E-state index in [0.29, 0.717) is 96.0 Å². The maximum absolute atomic E-state index is 12.3. The van der Waals surface area contributed by atoms with Gasteiger partial charge in [0.15, 0.2) is 4.93 Å². The van der Waals surface area contributed by atoms with Crippen LogP contribution in [0.25, 0.3) is 0 Å². The molecule has 0 saturated heterocycles. The van der Waals surface area contributed by atoms with Crippen molar-refractivity contribution >= 4 is 33.4 Å². The molecule has 272 valence electrons. The number of hydrogen-bond donors (Lipinski definition) is 3. The lowest BCUT2D eigenvalue weighted by atomic mass is 10.2. The van der Waals surface area contributed by atoms with Crippen molar-refractivity contribution in [3.63, 3.8) is 0 Å². The van der Waals surface area contributed by atoms with Gasteiger partial charge < -0.3 is 40.1 Å². The molecule has 46 heavy (non-hydrogen) atoms. The highest BCUT2D eigenvalue weighted by atomic mass is 33.1. The zero-order valence-corrected chi connectivity index (χ0v) is 31.0. The first-order valence-electron chi connectivity index (χ1n) is 16.1. The summed E-state index contributed by atoms with van der Waals surface area (Å²) in [6.45, 7) is 21.0. The Balaban J connectivity index is -0.00000110. The summed E-state index contributed by atoms with van der Waals surface area (Å²) in [5, 5.41) is 5.60. The van der Waals surface area contributed by atoms with Gasteiger partial charge in [-0.2, -0.15) is 0 Å². The van der Waals surface area contributed by atoms with Gasteiger partial charge in [-0.15, -0.1) is 0 Å². The quantitative estimate of drug-likeness (QED) is 0.0521. The Kier molecular flexibility index (Phi) is 25.9. The molecular weight excluding hydrogens is 627 g/mol. The third-order valence-corrected chi connectivity index (χ3v) is 9.31. The molecule has 0 unspecified atom stereocenters. The highest BCUT2D eigenvalue weighted by Crippen LogP contribution is 2.44. The van der Waals surface area contributed by atoms with Crippen LogP contribution in [0.3, 0.4) is 0 Å². The number of hydrogen-bond acceptors (Lipinski definition) is 10. The van der Waals surface area contributed by atoms with E-state index in [1.165, 1.54) is 0 Å². The fraction of sp³-hybridized carbons (Fsp3) is 0.706. The van der Waals surface area contributed by atoms with Crippen molar-refractivity contribution in [2.75, 3.05) is 72.5 Å². The number of benzene rings is 1. The van der Waals surface area contributed by atoms with Gasteiger partial charge in [-0.25, -0.2) is 0 Å². The second-order valence-corrected chi connectivity index (χ2v) is 14.8. The van der Waals surface area contributed by atoms with E-state index in [9.17, 15) is 9.59 Å². The number of ether oxygens (including phenoxy) is 5. The predicted molar refractivity (Wildman–Crippen MR) is 200 cm³/mol. The first-order chi connectivity index (χ1) is 21.9. The van der Waals surface area contributed by atoms with E-state index < -0.39 is 4.93 Å². The minimum absolute atomic E-state index is 0. The average Bonchev–Trinajstić information content (AvgIpc) is 3.03. The summed E-state index contributed by atoms with van der Waals surface area (Å²) in [5.74, 6) is 6.67. The molecular formula is C34H67N3O7S2. The van der Waals surface area contributed by atoms with Gasteiger partial charge in [0.05, 0.1) is 33.0 Å². The number of carbonyl (C=O) groups excluding carboxylic acids is 2. The topological polar surface area (TPSA) is 130 Å². The molecule has 1 rings (SSSR count). The monoisotopic (exact) mass is 693 g/mol. The number of nitrogens with one attached hydrogen (secondary N) is 2. The Morgan fingerprint density at radius 1 is 0.935 bits per heavy atom. The smallest absolute Gasteiger partial charge is 0.251 e. The maximum atomic E-state index is 12.3. The second-order valence-electron chi connectivity index (χ2n) is 11.3. The Morgan fingerprint density at radius 2 is 1.63 bits per heavy atom. The molecule has 0 spiro atoms. The Labute approximate surface area is 292 Å². The largest absolute Gasteiger partial charge is 0.490 e. The minimum atomic E-state index is -0.649. The zero-order chi connectivity index (χ0) is 34.7. The van der Waals surface area contributed by atoms with Crippen LogP contribution in [0.5, 0.6) is 5.75 Å². The molecule has 4 N–H and O–H groups in total. The van der Waals surface area contributed by atoms with Gasteiger partial charge in [-0.3, -0.25) is 9.59 Å². The molecule has 0 saturated carbocycles. The molecule has 0 aliphatic carbocycles. The number of nitrogens with two attached hydrogens (primary N) is 1. The third-order valence-electron chi connectivity index (χ3n) is 5.33. The molecule has 1 atom stereocenters. The summed E-state index contributed by atoms with van der Waals surface area (Å²) in [5.41, 5.74) is 5.99. The number of rotatable bonds is 23. The molecule has 0 bridgehead atoms. The molecule has 0 aromatic heterocycles. The van der Waals surface area contributed by atoms with E-state index in [-0.39, 0.29) is 28.9 Å². The van der Waals surface area contributed by atoms with Crippen LogP contribution in [0.1, 0.15) is 84.3 Å². The zero-order valence-electron chi connectivity index (χ0n) is 29.3. The molecule has 0 aliphatic rings. The van der Waals surface area contributed by atoms with Crippen molar-refractivity contribution in [1.29, 1.82) is 0 Å². The van der Waals surface area contributed by atoms with Crippen LogP contribution < -0.4 is 21.1 Å².